The summed E-state index contributed by atoms with van der Waals surface area (Å²) in [5.41, 5.74) is 2.91. The lowest BCUT2D eigenvalue weighted by molar-refractivity contribution is 0.405. The summed E-state index contributed by atoms with van der Waals surface area (Å²) >= 11 is 0. The predicted octanol–water partition coefficient (Wildman–Crippen LogP) is 3.51. The van der Waals surface area contributed by atoms with Gasteiger partial charge in [0.2, 0.25) is 5.95 Å². The highest BCUT2D eigenvalue weighted by atomic mass is 15.1. The van der Waals surface area contributed by atoms with Gasteiger partial charge in [0.05, 0.1) is 17.9 Å². The minimum atomic E-state index is 0.582. The molecule has 6 nitrogen and oxygen atoms in total. The van der Waals surface area contributed by atoms with Crippen LogP contribution in [0.5, 0.6) is 0 Å². The molecule has 1 aromatic carbocycles. The zero-order chi connectivity index (χ0) is 18.9. The molecule has 3 rings (SSSR count). The first kappa shape index (κ1) is 18.8. The van der Waals surface area contributed by atoms with Gasteiger partial charge < -0.3 is 15.5 Å². The van der Waals surface area contributed by atoms with Crippen LogP contribution >= 0.6 is 0 Å². The van der Waals surface area contributed by atoms with E-state index in [9.17, 15) is 0 Å². The van der Waals surface area contributed by atoms with Gasteiger partial charge in [-0.1, -0.05) is 36.4 Å². The summed E-state index contributed by atoms with van der Waals surface area (Å²) in [6, 6.07) is 18.0. The Balaban J connectivity index is 1.75. The molecule has 2 aromatic heterocycles. The maximum absolute atomic E-state index is 4.68. The first-order chi connectivity index (χ1) is 13.2. The van der Waals surface area contributed by atoms with Gasteiger partial charge in [0.25, 0.3) is 0 Å². The van der Waals surface area contributed by atoms with Gasteiger partial charge >= 0.3 is 0 Å². The summed E-state index contributed by atoms with van der Waals surface area (Å²) in [6.07, 6.45) is 2.84. The fraction of sp³-hybridized carbons (Fsp3) is 0.286. The van der Waals surface area contributed by atoms with E-state index < -0.39 is 0 Å². The molecule has 0 unspecified atom stereocenters. The van der Waals surface area contributed by atoms with Crippen molar-refractivity contribution in [3.63, 3.8) is 0 Å². The number of nitrogens with zero attached hydrogens (tertiary/aromatic N) is 4. The van der Waals surface area contributed by atoms with E-state index in [2.05, 4.69) is 56.7 Å². The van der Waals surface area contributed by atoms with E-state index in [0.29, 0.717) is 12.5 Å². The number of nitrogens with one attached hydrogen (secondary N) is 2. The monoisotopic (exact) mass is 362 g/mol. The van der Waals surface area contributed by atoms with Crippen molar-refractivity contribution in [2.45, 2.75) is 13.0 Å². The Kier molecular flexibility index (Phi) is 6.71. The lowest BCUT2D eigenvalue weighted by Crippen LogP contribution is -2.17. The van der Waals surface area contributed by atoms with Crippen LogP contribution in [0, 0.1) is 0 Å². The minimum Gasteiger partial charge on any atom is -0.370 e. The number of anilines is 2. The molecule has 3 aromatic rings. The molecule has 0 spiro atoms. The van der Waals surface area contributed by atoms with Crippen LogP contribution in [-0.4, -0.2) is 47.0 Å². The second-order valence-corrected chi connectivity index (χ2v) is 6.59. The van der Waals surface area contributed by atoms with Gasteiger partial charge in [-0.3, -0.25) is 4.98 Å². The van der Waals surface area contributed by atoms with Crippen molar-refractivity contribution in [2.24, 2.45) is 0 Å². The number of hydrogen-bond donors (Lipinski definition) is 2. The van der Waals surface area contributed by atoms with E-state index in [-0.39, 0.29) is 0 Å². The Bertz CT molecular complexity index is 821. The summed E-state index contributed by atoms with van der Waals surface area (Å²) in [6.45, 7) is 2.48. The average molecular weight is 362 g/mol. The van der Waals surface area contributed by atoms with Crippen LogP contribution in [0.3, 0.4) is 0 Å². The summed E-state index contributed by atoms with van der Waals surface area (Å²) in [4.78, 5) is 15.8. The third-order valence-electron chi connectivity index (χ3n) is 4.04. The largest absolute Gasteiger partial charge is 0.370 e. The van der Waals surface area contributed by atoms with E-state index in [1.54, 1.807) is 6.20 Å². The summed E-state index contributed by atoms with van der Waals surface area (Å²) in [7, 11) is 4.16. The Morgan fingerprint density at radius 2 is 1.74 bits per heavy atom. The molecular weight excluding hydrogens is 336 g/mol. The van der Waals surface area contributed by atoms with Crippen LogP contribution in [0.1, 0.15) is 12.1 Å². The van der Waals surface area contributed by atoms with Crippen molar-refractivity contribution < 1.29 is 0 Å². The van der Waals surface area contributed by atoms with Gasteiger partial charge in [-0.15, -0.1) is 0 Å². The van der Waals surface area contributed by atoms with E-state index in [1.807, 2.05) is 42.5 Å². The van der Waals surface area contributed by atoms with Crippen LogP contribution in [0.2, 0.25) is 0 Å². The molecule has 0 aliphatic heterocycles. The lowest BCUT2D eigenvalue weighted by atomic mass is 10.1. The molecule has 0 atom stereocenters. The number of aromatic nitrogens is 3. The number of rotatable bonds is 9. The lowest BCUT2D eigenvalue weighted by Gasteiger charge is -2.13. The smallest absolute Gasteiger partial charge is 0.225 e. The fourth-order valence-electron chi connectivity index (χ4n) is 2.66. The van der Waals surface area contributed by atoms with E-state index in [1.165, 1.54) is 0 Å². The molecule has 6 heteroatoms. The van der Waals surface area contributed by atoms with Crippen LogP contribution < -0.4 is 10.6 Å². The zero-order valence-corrected chi connectivity index (χ0v) is 15.9. The van der Waals surface area contributed by atoms with Crippen molar-refractivity contribution >= 4 is 11.8 Å². The summed E-state index contributed by atoms with van der Waals surface area (Å²) < 4.78 is 0. The molecule has 0 radical (unpaired) electrons. The van der Waals surface area contributed by atoms with Crippen LogP contribution in [0.4, 0.5) is 11.8 Å². The van der Waals surface area contributed by atoms with Gasteiger partial charge in [-0.25, -0.2) is 4.98 Å². The highest BCUT2D eigenvalue weighted by Gasteiger charge is 2.07. The Labute approximate surface area is 160 Å². The Hall–Kier alpha value is -2.99. The molecule has 0 aliphatic rings. The van der Waals surface area contributed by atoms with Crippen molar-refractivity contribution in [2.75, 3.05) is 37.8 Å². The second-order valence-electron chi connectivity index (χ2n) is 6.59. The normalized spacial score (nSPS) is 10.8. The average Bonchev–Trinajstić information content (AvgIpc) is 2.71. The quantitative estimate of drug-likeness (QED) is 0.568. The van der Waals surface area contributed by atoms with Gasteiger partial charge in [0.1, 0.15) is 5.82 Å². The topological polar surface area (TPSA) is 66.0 Å². The highest BCUT2D eigenvalue weighted by molar-refractivity contribution is 5.64. The standard InChI is InChI=1S/C21H26N6/c1-27(2)14-8-13-23-20-15-19(17-9-4-3-5-10-17)25-21(26-20)24-16-18-11-6-7-12-22-18/h3-7,9-12,15H,8,13-14,16H2,1-2H3,(H2,23,24,25,26). The van der Waals surface area contributed by atoms with Gasteiger partial charge in [0.15, 0.2) is 0 Å². The molecule has 0 saturated carbocycles. The molecular formula is C21H26N6. The molecule has 0 amide bonds. The number of pyridine rings is 1. The molecule has 2 heterocycles. The number of hydrogen-bond acceptors (Lipinski definition) is 6. The van der Waals surface area contributed by atoms with Crippen molar-refractivity contribution in [3.05, 3.63) is 66.5 Å². The molecule has 2 N–H and O–H groups in total. The fourth-order valence-corrected chi connectivity index (χ4v) is 2.66. The SMILES string of the molecule is CN(C)CCCNc1cc(-c2ccccc2)nc(NCc2ccccn2)n1. The highest BCUT2D eigenvalue weighted by Crippen LogP contribution is 2.21. The third-order valence-corrected chi connectivity index (χ3v) is 4.04. The molecule has 140 valence electrons. The van der Waals surface area contributed by atoms with Crippen molar-refractivity contribution in [3.8, 4) is 11.3 Å². The van der Waals surface area contributed by atoms with Crippen LogP contribution in [0.15, 0.2) is 60.8 Å². The van der Waals surface area contributed by atoms with Gasteiger partial charge in [0, 0.05) is 24.4 Å². The predicted molar refractivity (Wildman–Crippen MR) is 111 cm³/mol. The van der Waals surface area contributed by atoms with Gasteiger partial charge in [-0.2, -0.15) is 4.98 Å². The maximum Gasteiger partial charge on any atom is 0.225 e. The van der Waals surface area contributed by atoms with E-state index in [4.69, 9.17) is 0 Å². The number of benzene rings is 1. The Morgan fingerprint density at radius 1 is 0.926 bits per heavy atom. The first-order valence-electron chi connectivity index (χ1n) is 9.17. The third kappa shape index (κ3) is 6.04. The zero-order valence-electron chi connectivity index (χ0n) is 15.9. The van der Waals surface area contributed by atoms with Crippen LogP contribution in [-0.2, 0) is 6.54 Å². The van der Waals surface area contributed by atoms with E-state index >= 15 is 0 Å². The van der Waals surface area contributed by atoms with E-state index in [0.717, 1.165) is 42.3 Å². The molecule has 0 saturated heterocycles. The van der Waals surface area contributed by atoms with Crippen molar-refractivity contribution in [1.82, 2.24) is 19.9 Å². The van der Waals surface area contributed by atoms with Gasteiger partial charge in [-0.05, 0) is 39.2 Å². The first-order valence-corrected chi connectivity index (χ1v) is 9.17. The molecule has 0 aliphatic carbocycles. The van der Waals surface area contributed by atoms with Crippen LogP contribution in [0.25, 0.3) is 11.3 Å². The molecule has 27 heavy (non-hydrogen) atoms. The second kappa shape index (κ2) is 9.64. The maximum atomic E-state index is 4.68. The molecule has 0 bridgehead atoms. The van der Waals surface area contributed by atoms with Crippen molar-refractivity contribution in [1.29, 1.82) is 0 Å². The summed E-state index contributed by atoms with van der Waals surface area (Å²) in [5.74, 6) is 1.42. The molecule has 0 fully saturated rings. The Morgan fingerprint density at radius 3 is 2.48 bits per heavy atom. The minimum absolute atomic E-state index is 0.582. The summed E-state index contributed by atoms with van der Waals surface area (Å²) in [5, 5.41) is 6.70.